The number of aromatic nitrogens is 1. The van der Waals surface area contributed by atoms with Crippen LogP contribution in [0.1, 0.15) is 25.1 Å². The van der Waals surface area contributed by atoms with Gasteiger partial charge in [-0.25, -0.2) is 8.78 Å². The average Bonchev–Trinajstić information content (AvgIpc) is 2.03. The van der Waals surface area contributed by atoms with Crippen LogP contribution in [0.4, 0.5) is 8.78 Å². The summed E-state index contributed by atoms with van der Waals surface area (Å²) in [6, 6.07) is 3.05. The van der Waals surface area contributed by atoms with Crippen LogP contribution >= 0.6 is 0 Å². The van der Waals surface area contributed by atoms with Crippen molar-refractivity contribution in [3.05, 3.63) is 29.6 Å². The molecular weight excluding hydrogens is 160 g/mol. The summed E-state index contributed by atoms with van der Waals surface area (Å²) in [6.07, 6.45) is 2.01. The maximum Gasteiger partial charge on any atom is 0.272 e. The molecule has 0 saturated heterocycles. The lowest BCUT2D eigenvalue weighted by atomic mass is 10.1. The number of pyridine rings is 1. The summed E-state index contributed by atoms with van der Waals surface area (Å²) in [6.45, 7) is 2.81. The first-order valence-corrected chi connectivity index (χ1v) is 3.87. The van der Waals surface area contributed by atoms with Gasteiger partial charge in [-0.2, -0.15) is 0 Å². The molecule has 1 rings (SSSR count). The highest BCUT2D eigenvalue weighted by Gasteiger charge is 2.23. The van der Waals surface area contributed by atoms with Crippen LogP contribution in [-0.2, 0) is 12.3 Å². The third-order valence-corrected chi connectivity index (χ3v) is 1.69. The Hall–Kier alpha value is -0.990. The van der Waals surface area contributed by atoms with Gasteiger partial charge in [-0.3, -0.25) is 4.98 Å². The van der Waals surface area contributed by atoms with Gasteiger partial charge in [0.1, 0.15) is 0 Å². The van der Waals surface area contributed by atoms with Crippen LogP contribution in [0.3, 0.4) is 0 Å². The third-order valence-electron chi connectivity index (χ3n) is 1.69. The summed E-state index contributed by atoms with van der Waals surface area (Å²) in [4.78, 5) is 3.88. The fourth-order valence-electron chi connectivity index (χ4n) is 0.893. The minimum atomic E-state index is -2.78. The van der Waals surface area contributed by atoms with Crippen LogP contribution in [0.5, 0.6) is 0 Å². The molecule has 0 spiro atoms. The average molecular weight is 171 g/mol. The zero-order valence-corrected chi connectivity index (χ0v) is 7.14. The predicted molar refractivity (Wildman–Crippen MR) is 43.2 cm³/mol. The third kappa shape index (κ3) is 2.00. The van der Waals surface area contributed by atoms with Crippen molar-refractivity contribution in [2.75, 3.05) is 0 Å². The van der Waals surface area contributed by atoms with Gasteiger partial charge in [-0.15, -0.1) is 0 Å². The van der Waals surface area contributed by atoms with E-state index in [-0.39, 0.29) is 5.56 Å². The van der Waals surface area contributed by atoms with Gasteiger partial charge in [-0.05, 0) is 18.6 Å². The molecule has 1 aromatic rings. The fraction of sp³-hybridized carbons (Fsp3) is 0.444. The fourth-order valence-corrected chi connectivity index (χ4v) is 0.893. The van der Waals surface area contributed by atoms with Crippen molar-refractivity contribution in [2.45, 2.75) is 26.2 Å². The number of hydrogen-bond acceptors (Lipinski definition) is 1. The lowest BCUT2D eigenvalue weighted by Gasteiger charge is -2.09. The summed E-state index contributed by atoms with van der Waals surface area (Å²) in [7, 11) is 0. The molecule has 0 aliphatic carbocycles. The van der Waals surface area contributed by atoms with E-state index >= 15 is 0 Å². The molecule has 0 aliphatic heterocycles. The Kier molecular flexibility index (Phi) is 2.40. The minimum absolute atomic E-state index is 0.0281. The van der Waals surface area contributed by atoms with E-state index in [2.05, 4.69) is 4.98 Å². The molecule has 3 heteroatoms. The molecule has 0 atom stereocenters. The van der Waals surface area contributed by atoms with E-state index in [9.17, 15) is 8.78 Å². The molecule has 0 radical (unpaired) electrons. The molecule has 0 saturated carbocycles. The van der Waals surface area contributed by atoms with Gasteiger partial charge in [0.25, 0.3) is 5.92 Å². The molecular formula is C9H11F2N. The minimum Gasteiger partial charge on any atom is -0.261 e. The van der Waals surface area contributed by atoms with Gasteiger partial charge < -0.3 is 0 Å². The first-order valence-electron chi connectivity index (χ1n) is 3.87. The van der Waals surface area contributed by atoms with Gasteiger partial charge in [0.05, 0.1) is 0 Å². The SMILES string of the molecule is CCc1ccc(C(C)(F)F)cn1. The highest BCUT2D eigenvalue weighted by atomic mass is 19.3. The van der Waals surface area contributed by atoms with Crippen LogP contribution < -0.4 is 0 Å². The van der Waals surface area contributed by atoms with Crippen LogP contribution in [-0.4, -0.2) is 4.98 Å². The Labute approximate surface area is 70.4 Å². The highest BCUT2D eigenvalue weighted by molar-refractivity contribution is 5.17. The molecule has 1 heterocycles. The number of halogens is 2. The van der Waals surface area contributed by atoms with Gasteiger partial charge in [0.15, 0.2) is 0 Å². The largest absolute Gasteiger partial charge is 0.272 e. The molecule has 0 unspecified atom stereocenters. The van der Waals surface area contributed by atoms with Gasteiger partial charge in [0, 0.05) is 24.4 Å². The van der Waals surface area contributed by atoms with Crippen molar-refractivity contribution in [1.82, 2.24) is 4.98 Å². The van der Waals surface area contributed by atoms with Crippen LogP contribution in [0, 0.1) is 0 Å². The zero-order chi connectivity index (χ0) is 9.19. The molecule has 66 valence electrons. The smallest absolute Gasteiger partial charge is 0.261 e. The van der Waals surface area contributed by atoms with Crippen LogP contribution in [0.2, 0.25) is 0 Å². The number of alkyl halides is 2. The summed E-state index contributed by atoms with van der Waals surface area (Å²) in [5, 5.41) is 0. The second kappa shape index (κ2) is 3.17. The summed E-state index contributed by atoms with van der Waals surface area (Å²) in [5.74, 6) is -2.78. The van der Waals surface area contributed by atoms with Gasteiger partial charge >= 0.3 is 0 Å². The molecule has 0 N–H and O–H groups in total. The molecule has 1 aromatic heterocycles. The Morgan fingerprint density at radius 1 is 1.42 bits per heavy atom. The van der Waals surface area contributed by atoms with E-state index < -0.39 is 5.92 Å². The summed E-state index contributed by atoms with van der Waals surface area (Å²) in [5.41, 5.74) is 0.808. The van der Waals surface area contributed by atoms with Crippen molar-refractivity contribution < 1.29 is 8.78 Å². The van der Waals surface area contributed by atoms with E-state index in [4.69, 9.17) is 0 Å². The second-order valence-corrected chi connectivity index (χ2v) is 2.78. The van der Waals surface area contributed by atoms with E-state index in [1.165, 1.54) is 12.3 Å². The Morgan fingerprint density at radius 3 is 2.42 bits per heavy atom. The van der Waals surface area contributed by atoms with E-state index in [1.54, 1.807) is 6.07 Å². The normalized spacial score (nSPS) is 11.7. The highest BCUT2D eigenvalue weighted by Crippen LogP contribution is 2.25. The molecule has 0 amide bonds. The van der Waals surface area contributed by atoms with E-state index in [1.807, 2.05) is 6.92 Å². The Morgan fingerprint density at radius 2 is 2.08 bits per heavy atom. The van der Waals surface area contributed by atoms with Crippen molar-refractivity contribution in [1.29, 1.82) is 0 Å². The van der Waals surface area contributed by atoms with E-state index in [0.717, 1.165) is 19.0 Å². The summed E-state index contributed by atoms with van der Waals surface area (Å²) < 4.78 is 25.3. The maximum atomic E-state index is 12.7. The molecule has 12 heavy (non-hydrogen) atoms. The van der Waals surface area contributed by atoms with Crippen molar-refractivity contribution in [2.24, 2.45) is 0 Å². The van der Waals surface area contributed by atoms with Crippen molar-refractivity contribution >= 4 is 0 Å². The molecule has 0 aliphatic rings. The molecule has 0 aromatic carbocycles. The molecule has 0 bridgehead atoms. The number of nitrogens with zero attached hydrogens (tertiary/aromatic N) is 1. The first kappa shape index (κ1) is 9.10. The van der Waals surface area contributed by atoms with E-state index in [0.29, 0.717) is 0 Å². The quantitative estimate of drug-likeness (QED) is 0.666. The molecule has 1 nitrogen and oxygen atoms in total. The molecule has 0 fully saturated rings. The predicted octanol–water partition coefficient (Wildman–Crippen LogP) is 2.76. The standard InChI is InChI=1S/C9H11F2N/c1-3-8-5-4-7(6-12-8)9(2,10)11/h4-6H,3H2,1-2H3. The topological polar surface area (TPSA) is 12.9 Å². The Bertz CT molecular complexity index is 248. The second-order valence-electron chi connectivity index (χ2n) is 2.78. The monoisotopic (exact) mass is 171 g/mol. The lowest BCUT2D eigenvalue weighted by molar-refractivity contribution is 0.0171. The number of hydrogen-bond donors (Lipinski definition) is 0. The first-order chi connectivity index (χ1) is 5.54. The van der Waals surface area contributed by atoms with Crippen molar-refractivity contribution in [3.8, 4) is 0 Å². The van der Waals surface area contributed by atoms with Crippen LogP contribution in [0.15, 0.2) is 18.3 Å². The van der Waals surface area contributed by atoms with Gasteiger partial charge in [-0.1, -0.05) is 6.92 Å². The number of aryl methyl sites for hydroxylation is 1. The lowest BCUT2D eigenvalue weighted by Crippen LogP contribution is -2.07. The van der Waals surface area contributed by atoms with Gasteiger partial charge in [0.2, 0.25) is 0 Å². The number of rotatable bonds is 2. The Balaban J connectivity index is 2.93. The van der Waals surface area contributed by atoms with Crippen LogP contribution in [0.25, 0.3) is 0 Å². The summed E-state index contributed by atoms with van der Waals surface area (Å²) >= 11 is 0. The zero-order valence-electron chi connectivity index (χ0n) is 7.14. The van der Waals surface area contributed by atoms with Crippen molar-refractivity contribution in [3.63, 3.8) is 0 Å². The maximum absolute atomic E-state index is 12.7.